The second-order valence-electron chi connectivity index (χ2n) is 11.5. The molecule has 11 nitrogen and oxygen atoms in total. The summed E-state index contributed by atoms with van der Waals surface area (Å²) in [6.07, 6.45) is 3.07. The van der Waals surface area contributed by atoms with Gasteiger partial charge in [-0.15, -0.1) is 0 Å². The van der Waals surface area contributed by atoms with Gasteiger partial charge in [0.15, 0.2) is 0 Å². The Morgan fingerprint density at radius 3 is 2.12 bits per heavy atom. The van der Waals surface area contributed by atoms with Crippen LogP contribution in [0.5, 0.6) is 17.2 Å². The van der Waals surface area contributed by atoms with Gasteiger partial charge in [0.25, 0.3) is 5.91 Å². The van der Waals surface area contributed by atoms with Crippen molar-refractivity contribution in [3.63, 3.8) is 0 Å². The zero-order chi connectivity index (χ0) is 35.6. The summed E-state index contributed by atoms with van der Waals surface area (Å²) in [6, 6.07) is 20.2. The predicted molar refractivity (Wildman–Crippen MR) is 200 cm³/mol. The van der Waals surface area contributed by atoms with Crippen LogP contribution in [0, 0.1) is 0 Å². The average molecular weight is 720 g/mol. The van der Waals surface area contributed by atoms with Crippen molar-refractivity contribution in [1.82, 2.24) is 14.9 Å². The van der Waals surface area contributed by atoms with Gasteiger partial charge in [-0.2, -0.15) is 0 Å². The summed E-state index contributed by atoms with van der Waals surface area (Å²) in [4.78, 5) is 26.5. The molecule has 4 aromatic carbocycles. The molecule has 0 spiro atoms. The maximum atomic E-state index is 13.2. The van der Waals surface area contributed by atoms with E-state index in [9.17, 15) is 4.79 Å². The number of hydrogen-bond donors (Lipinski definition) is 2. The van der Waals surface area contributed by atoms with Crippen LogP contribution in [0.4, 0.5) is 17.1 Å². The first-order chi connectivity index (χ1) is 24.2. The molecule has 6 rings (SSSR count). The lowest BCUT2D eigenvalue weighted by atomic mass is 9.99. The van der Waals surface area contributed by atoms with E-state index >= 15 is 0 Å². The molecule has 1 amide bonds. The third-order valence-corrected chi connectivity index (χ3v) is 8.65. The molecule has 50 heavy (non-hydrogen) atoms. The topological polar surface area (TPSA) is 124 Å². The van der Waals surface area contributed by atoms with E-state index in [1.807, 2.05) is 43.3 Å². The third kappa shape index (κ3) is 8.85. The fraction of sp³-hybridized carbons (Fsp3) is 0.270. The van der Waals surface area contributed by atoms with Gasteiger partial charge in [0.05, 0.1) is 48.6 Å². The number of morpholine rings is 1. The number of carbonyl (C=O) groups is 1. The Labute approximate surface area is 301 Å². The normalized spacial score (nSPS) is 12.7. The largest absolute Gasteiger partial charge is 0.495 e. The van der Waals surface area contributed by atoms with Crippen molar-refractivity contribution in [1.29, 1.82) is 0 Å². The fourth-order valence-electron chi connectivity index (χ4n) is 5.25. The van der Waals surface area contributed by atoms with E-state index in [0.717, 1.165) is 44.3 Å². The zero-order valence-corrected chi connectivity index (χ0v) is 29.9. The van der Waals surface area contributed by atoms with Crippen molar-refractivity contribution in [2.75, 3.05) is 83.7 Å². The summed E-state index contributed by atoms with van der Waals surface area (Å²) in [5, 5.41) is 3.50. The van der Waals surface area contributed by atoms with Gasteiger partial charge in [-0.25, -0.2) is 0 Å². The van der Waals surface area contributed by atoms with Crippen LogP contribution >= 0.6 is 23.2 Å². The Kier molecular flexibility index (Phi) is 12.6. The first-order valence-corrected chi connectivity index (χ1v) is 16.7. The monoisotopic (exact) mass is 718 g/mol. The molecule has 5 aromatic rings. The highest BCUT2D eigenvalue weighted by atomic mass is 35.5. The molecule has 262 valence electrons. The highest BCUT2D eigenvalue weighted by Gasteiger charge is 2.23. The number of likely N-dealkylation sites (N-methyl/N-ethyl adjacent to an activating group) is 1. The summed E-state index contributed by atoms with van der Waals surface area (Å²) in [6.45, 7) is 4.98. The first kappa shape index (κ1) is 36.5. The number of nitrogens with two attached hydrogens (primary N) is 1. The fourth-order valence-corrected chi connectivity index (χ4v) is 5.95. The van der Waals surface area contributed by atoms with Crippen molar-refractivity contribution in [3.8, 4) is 28.4 Å². The Hall–Kier alpha value is -4.81. The molecule has 0 radical (unpaired) electrons. The van der Waals surface area contributed by atoms with E-state index in [0.29, 0.717) is 61.6 Å². The van der Waals surface area contributed by atoms with Crippen LogP contribution < -0.4 is 30.2 Å². The highest BCUT2D eigenvalue weighted by Crippen LogP contribution is 2.47. The van der Waals surface area contributed by atoms with Crippen LogP contribution in [0.2, 0.25) is 10.0 Å². The van der Waals surface area contributed by atoms with Gasteiger partial charge in [-0.05, 0) is 68.7 Å². The van der Waals surface area contributed by atoms with Gasteiger partial charge >= 0.3 is 0 Å². The van der Waals surface area contributed by atoms with Crippen LogP contribution in [0.15, 0.2) is 79.1 Å². The van der Waals surface area contributed by atoms with Gasteiger partial charge in [0.1, 0.15) is 29.4 Å². The number of amides is 1. The molecule has 0 bridgehead atoms. The third-order valence-electron chi connectivity index (χ3n) is 7.90. The van der Waals surface area contributed by atoms with Crippen LogP contribution in [0.1, 0.15) is 10.4 Å². The lowest BCUT2D eigenvalue weighted by Gasteiger charge is -2.28. The molecule has 0 aliphatic carbocycles. The zero-order valence-electron chi connectivity index (χ0n) is 28.4. The quantitative estimate of drug-likeness (QED) is 0.147. The summed E-state index contributed by atoms with van der Waals surface area (Å²) in [5.74, 6) is 1.18. The standard InChI is InChI=1S/C27H26Cl2N4O4.C10H14N2O/c1-33(2)13-14-37-17-7-5-16(6-8-17)32-27(34)19-10-9-18(25-26(19)31-12-11-30-25)22-23(28)20(35-3)15-21(36-4)24(22)29;11-9-1-3-10(4-2-9)12-5-7-13-8-6-12/h5-12,15H,13-14H2,1-4H3,(H,32,34);1-4H,5-8,11H2. The minimum Gasteiger partial charge on any atom is -0.495 e. The summed E-state index contributed by atoms with van der Waals surface area (Å²) < 4.78 is 21.8. The van der Waals surface area contributed by atoms with Gasteiger partial charge in [0.2, 0.25) is 0 Å². The van der Waals surface area contributed by atoms with Crippen molar-refractivity contribution in [3.05, 3.63) is 94.7 Å². The maximum Gasteiger partial charge on any atom is 0.257 e. The minimum atomic E-state index is -0.334. The number of methoxy groups -OCH3 is 2. The molecule has 0 unspecified atom stereocenters. The van der Waals surface area contributed by atoms with E-state index < -0.39 is 0 Å². The number of nitrogens with one attached hydrogen (secondary N) is 1. The Morgan fingerprint density at radius 1 is 0.900 bits per heavy atom. The number of benzene rings is 4. The highest BCUT2D eigenvalue weighted by molar-refractivity contribution is 6.41. The molecular formula is C37H40Cl2N6O5. The Morgan fingerprint density at radius 2 is 1.52 bits per heavy atom. The van der Waals surface area contributed by atoms with Gasteiger partial charge < -0.3 is 39.8 Å². The van der Waals surface area contributed by atoms with E-state index in [2.05, 4.69) is 32.3 Å². The van der Waals surface area contributed by atoms with E-state index in [1.165, 1.54) is 26.1 Å². The van der Waals surface area contributed by atoms with Gasteiger partial charge in [0, 0.05) is 66.3 Å². The molecule has 2 heterocycles. The van der Waals surface area contributed by atoms with Crippen molar-refractivity contribution in [2.45, 2.75) is 0 Å². The minimum absolute atomic E-state index is 0.297. The van der Waals surface area contributed by atoms with Crippen molar-refractivity contribution in [2.24, 2.45) is 0 Å². The number of aromatic nitrogens is 2. The van der Waals surface area contributed by atoms with E-state index in [-0.39, 0.29) is 5.91 Å². The van der Waals surface area contributed by atoms with Gasteiger partial charge in [-0.3, -0.25) is 14.8 Å². The molecule has 1 fully saturated rings. The summed E-state index contributed by atoms with van der Waals surface area (Å²) in [5.41, 5.74) is 10.5. The number of rotatable bonds is 10. The van der Waals surface area contributed by atoms with E-state index in [4.69, 9.17) is 47.9 Å². The predicted octanol–water partition coefficient (Wildman–Crippen LogP) is 6.92. The number of ether oxygens (including phenoxy) is 4. The molecule has 1 aromatic heterocycles. The second-order valence-corrected chi connectivity index (χ2v) is 12.3. The number of nitrogen functional groups attached to an aromatic ring is 1. The Bertz CT molecular complexity index is 1870. The molecule has 1 saturated heterocycles. The SMILES string of the molecule is COc1cc(OC)c(Cl)c(-c2ccc(C(=O)Nc3ccc(OCCN(C)C)cc3)c3nccnc23)c1Cl.Nc1ccc(N2CCOCC2)cc1. The Balaban J connectivity index is 0.000000311. The molecular weight excluding hydrogens is 679 g/mol. The number of halogens is 2. The molecule has 1 aliphatic heterocycles. The number of hydrogen-bond acceptors (Lipinski definition) is 10. The second kappa shape index (κ2) is 17.2. The number of carbonyl (C=O) groups excluding carboxylic acids is 1. The average Bonchev–Trinajstić information content (AvgIpc) is 3.13. The number of anilines is 3. The summed E-state index contributed by atoms with van der Waals surface area (Å²) >= 11 is 13.3. The van der Waals surface area contributed by atoms with Crippen LogP contribution in [0.25, 0.3) is 22.2 Å². The molecule has 3 N–H and O–H groups in total. The smallest absolute Gasteiger partial charge is 0.257 e. The molecule has 1 aliphatic rings. The van der Waals surface area contributed by atoms with Crippen molar-refractivity contribution < 1.29 is 23.7 Å². The maximum absolute atomic E-state index is 13.2. The summed E-state index contributed by atoms with van der Waals surface area (Å²) in [7, 11) is 6.98. The number of fused-ring (bicyclic) bond motifs is 1. The van der Waals surface area contributed by atoms with Crippen molar-refractivity contribution >= 4 is 57.2 Å². The molecule has 0 saturated carbocycles. The molecule has 0 atom stereocenters. The van der Waals surface area contributed by atoms with E-state index in [1.54, 1.807) is 36.5 Å². The lowest BCUT2D eigenvalue weighted by Crippen LogP contribution is -2.36. The lowest BCUT2D eigenvalue weighted by molar-refractivity contribution is 0.102. The first-order valence-electron chi connectivity index (χ1n) is 15.9. The van der Waals surface area contributed by atoms with Crippen LogP contribution in [-0.4, -0.2) is 88.5 Å². The number of nitrogens with zero attached hydrogens (tertiary/aromatic N) is 4. The van der Waals surface area contributed by atoms with Gasteiger partial charge in [-0.1, -0.05) is 29.3 Å². The molecule has 13 heteroatoms. The van der Waals surface area contributed by atoms with Crippen LogP contribution in [-0.2, 0) is 4.74 Å². The van der Waals surface area contributed by atoms with Crippen LogP contribution in [0.3, 0.4) is 0 Å².